The molecule has 6 heteroatoms. The van der Waals surface area contributed by atoms with E-state index in [1.807, 2.05) is 19.2 Å². The molecule has 1 N–H and O–H groups in total. The fourth-order valence-corrected chi connectivity index (χ4v) is 2.34. The van der Waals surface area contributed by atoms with Gasteiger partial charge >= 0.3 is 5.97 Å². The normalized spacial score (nSPS) is 12.6. The van der Waals surface area contributed by atoms with Gasteiger partial charge in [-0.25, -0.2) is 4.98 Å². The van der Waals surface area contributed by atoms with Crippen molar-refractivity contribution in [3.8, 4) is 0 Å². The Morgan fingerprint density at radius 1 is 1.58 bits per heavy atom. The Morgan fingerprint density at radius 2 is 2.26 bits per heavy atom. The summed E-state index contributed by atoms with van der Waals surface area (Å²) in [4.78, 5) is 28.4. The third-order valence-electron chi connectivity index (χ3n) is 2.66. The van der Waals surface area contributed by atoms with Crippen molar-refractivity contribution in [2.45, 2.75) is 33.2 Å². The van der Waals surface area contributed by atoms with Gasteiger partial charge in [-0.15, -0.1) is 11.3 Å². The van der Waals surface area contributed by atoms with E-state index in [4.69, 9.17) is 5.11 Å². The number of carbonyl (C=O) groups is 2. The first kappa shape index (κ1) is 15.4. The molecule has 5 nitrogen and oxygen atoms in total. The van der Waals surface area contributed by atoms with Crippen molar-refractivity contribution >= 4 is 29.3 Å². The summed E-state index contributed by atoms with van der Waals surface area (Å²) in [5, 5.41) is 11.6. The third kappa shape index (κ3) is 4.82. The maximum atomic E-state index is 12.0. The molecule has 0 aliphatic heterocycles. The Morgan fingerprint density at radius 3 is 2.74 bits per heavy atom. The number of amides is 1. The first-order valence-corrected chi connectivity index (χ1v) is 6.94. The van der Waals surface area contributed by atoms with Crippen LogP contribution in [0.1, 0.15) is 31.0 Å². The Bertz CT molecular complexity index is 482. The lowest BCUT2D eigenvalue weighted by Gasteiger charge is -2.25. The van der Waals surface area contributed by atoms with Crippen molar-refractivity contribution in [1.82, 2.24) is 9.88 Å². The van der Waals surface area contributed by atoms with E-state index in [2.05, 4.69) is 4.98 Å². The number of carboxylic acid groups (broad SMARTS) is 1. The van der Waals surface area contributed by atoms with Crippen LogP contribution in [0.5, 0.6) is 0 Å². The van der Waals surface area contributed by atoms with Gasteiger partial charge in [0.1, 0.15) is 0 Å². The number of likely N-dealkylation sites (N-methyl/N-ethyl adjacent to an activating group) is 1. The second kappa shape index (κ2) is 7.04. The molecule has 1 rings (SSSR count). The Balaban J connectivity index is 2.68. The number of thiazole rings is 1. The van der Waals surface area contributed by atoms with Crippen LogP contribution in [0, 0.1) is 6.92 Å². The van der Waals surface area contributed by atoms with Gasteiger partial charge in [-0.05, 0) is 26.8 Å². The Hall–Kier alpha value is -1.69. The minimum atomic E-state index is -0.905. The molecule has 1 heterocycles. The highest BCUT2D eigenvalue weighted by atomic mass is 32.1. The molecule has 0 bridgehead atoms. The second-order valence-electron chi connectivity index (χ2n) is 4.20. The predicted octanol–water partition coefficient (Wildman–Crippen LogP) is 2.18. The van der Waals surface area contributed by atoms with Gasteiger partial charge in [-0.3, -0.25) is 9.59 Å². The summed E-state index contributed by atoms with van der Waals surface area (Å²) in [5.41, 5.74) is 0.748. The van der Waals surface area contributed by atoms with E-state index in [0.29, 0.717) is 6.54 Å². The number of nitrogens with zero attached hydrogens (tertiary/aromatic N) is 2. The van der Waals surface area contributed by atoms with Crippen LogP contribution in [0.3, 0.4) is 0 Å². The molecule has 19 heavy (non-hydrogen) atoms. The van der Waals surface area contributed by atoms with E-state index in [1.54, 1.807) is 13.0 Å². The van der Waals surface area contributed by atoms with Gasteiger partial charge in [0, 0.05) is 24.0 Å². The first-order valence-electron chi connectivity index (χ1n) is 6.06. The van der Waals surface area contributed by atoms with Gasteiger partial charge in [-0.2, -0.15) is 0 Å². The van der Waals surface area contributed by atoms with Crippen LogP contribution in [0.15, 0.2) is 11.5 Å². The van der Waals surface area contributed by atoms with Gasteiger partial charge in [0.05, 0.1) is 17.1 Å². The van der Waals surface area contributed by atoms with E-state index in [1.165, 1.54) is 22.3 Å². The van der Waals surface area contributed by atoms with Crippen molar-refractivity contribution in [2.75, 3.05) is 6.54 Å². The Kier molecular flexibility index (Phi) is 5.69. The quantitative estimate of drug-likeness (QED) is 0.812. The van der Waals surface area contributed by atoms with Gasteiger partial charge in [-0.1, -0.05) is 0 Å². The summed E-state index contributed by atoms with van der Waals surface area (Å²) >= 11 is 1.52. The van der Waals surface area contributed by atoms with Gasteiger partial charge < -0.3 is 10.0 Å². The number of aromatic nitrogens is 1. The van der Waals surface area contributed by atoms with Crippen LogP contribution in [0.2, 0.25) is 0 Å². The minimum absolute atomic E-state index is 0.0524. The summed E-state index contributed by atoms with van der Waals surface area (Å²) in [6.45, 7) is 5.94. The highest BCUT2D eigenvalue weighted by Crippen LogP contribution is 2.10. The van der Waals surface area contributed by atoms with Crippen molar-refractivity contribution < 1.29 is 14.7 Å². The smallest absolute Gasteiger partial charge is 0.305 e. The molecule has 0 aliphatic carbocycles. The van der Waals surface area contributed by atoms with E-state index in [-0.39, 0.29) is 18.4 Å². The lowest BCUT2D eigenvalue weighted by molar-refractivity contribution is -0.139. The molecular formula is C13H18N2O3S. The summed E-state index contributed by atoms with van der Waals surface area (Å²) in [5.74, 6) is -1.10. The molecule has 104 valence electrons. The Labute approximate surface area is 116 Å². The minimum Gasteiger partial charge on any atom is -0.481 e. The molecule has 0 aromatic carbocycles. The highest BCUT2D eigenvalue weighted by Gasteiger charge is 2.18. The molecule has 1 atom stereocenters. The largest absolute Gasteiger partial charge is 0.481 e. The summed E-state index contributed by atoms with van der Waals surface area (Å²) in [6, 6.07) is -0.322. The molecule has 0 radical (unpaired) electrons. The topological polar surface area (TPSA) is 70.5 Å². The maximum absolute atomic E-state index is 12.0. The van der Waals surface area contributed by atoms with Crippen LogP contribution in [-0.4, -0.2) is 39.5 Å². The van der Waals surface area contributed by atoms with Crippen LogP contribution >= 0.6 is 11.3 Å². The lowest BCUT2D eigenvalue weighted by atomic mass is 10.2. The molecule has 1 unspecified atom stereocenters. The van der Waals surface area contributed by atoms with Gasteiger partial charge in [0.2, 0.25) is 5.91 Å². The van der Waals surface area contributed by atoms with Crippen LogP contribution in [0.4, 0.5) is 0 Å². The summed E-state index contributed by atoms with van der Waals surface area (Å²) < 4.78 is 0. The standard InChI is InChI=1S/C13H18N2O3S/c1-4-15(9(2)7-13(17)18)12(16)6-5-11-8-19-10(3)14-11/h5-6,8-9H,4,7H2,1-3H3,(H,17,18). The number of hydrogen-bond acceptors (Lipinski definition) is 4. The van der Waals surface area contributed by atoms with Crippen LogP contribution in [-0.2, 0) is 9.59 Å². The number of carboxylic acids is 1. The monoisotopic (exact) mass is 282 g/mol. The fraction of sp³-hybridized carbons (Fsp3) is 0.462. The van der Waals surface area contributed by atoms with Crippen molar-refractivity contribution in [1.29, 1.82) is 0 Å². The molecule has 0 spiro atoms. The number of hydrogen-bond donors (Lipinski definition) is 1. The van der Waals surface area contributed by atoms with Crippen molar-refractivity contribution in [3.63, 3.8) is 0 Å². The average molecular weight is 282 g/mol. The average Bonchev–Trinajstić information content (AvgIpc) is 2.72. The zero-order valence-corrected chi connectivity index (χ0v) is 12.1. The van der Waals surface area contributed by atoms with Gasteiger partial charge in [0.15, 0.2) is 0 Å². The zero-order chi connectivity index (χ0) is 14.4. The number of rotatable bonds is 6. The van der Waals surface area contributed by atoms with Crippen LogP contribution < -0.4 is 0 Å². The van der Waals surface area contributed by atoms with Crippen molar-refractivity contribution in [3.05, 3.63) is 22.2 Å². The summed E-state index contributed by atoms with van der Waals surface area (Å²) in [7, 11) is 0. The molecular weight excluding hydrogens is 264 g/mol. The predicted molar refractivity (Wildman–Crippen MR) is 75.0 cm³/mol. The number of aliphatic carboxylic acids is 1. The number of carbonyl (C=O) groups excluding carboxylic acids is 1. The lowest BCUT2D eigenvalue weighted by Crippen LogP contribution is -2.38. The van der Waals surface area contributed by atoms with E-state index in [0.717, 1.165) is 10.7 Å². The second-order valence-corrected chi connectivity index (χ2v) is 5.26. The third-order valence-corrected chi connectivity index (χ3v) is 3.45. The first-order chi connectivity index (χ1) is 8.93. The van der Waals surface area contributed by atoms with Crippen molar-refractivity contribution in [2.24, 2.45) is 0 Å². The molecule has 0 saturated carbocycles. The van der Waals surface area contributed by atoms with E-state index < -0.39 is 5.97 Å². The SMILES string of the molecule is CCN(C(=O)C=Cc1csc(C)n1)C(C)CC(=O)O. The molecule has 1 aromatic heterocycles. The fourth-order valence-electron chi connectivity index (χ4n) is 1.76. The molecule has 0 saturated heterocycles. The van der Waals surface area contributed by atoms with Gasteiger partial charge in [0.25, 0.3) is 0 Å². The number of aryl methyl sites for hydroxylation is 1. The van der Waals surface area contributed by atoms with E-state index >= 15 is 0 Å². The highest BCUT2D eigenvalue weighted by molar-refractivity contribution is 7.09. The molecule has 0 aliphatic rings. The molecule has 1 aromatic rings. The maximum Gasteiger partial charge on any atom is 0.305 e. The van der Waals surface area contributed by atoms with E-state index in [9.17, 15) is 9.59 Å². The zero-order valence-electron chi connectivity index (χ0n) is 11.3. The summed E-state index contributed by atoms with van der Waals surface area (Å²) in [6.07, 6.45) is 3.04. The molecule has 1 amide bonds. The van der Waals surface area contributed by atoms with Crippen LogP contribution in [0.25, 0.3) is 6.08 Å². The molecule has 0 fully saturated rings.